The van der Waals surface area contributed by atoms with Gasteiger partial charge in [-0.05, 0) is 30.5 Å². The van der Waals surface area contributed by atoms with Gasteiger partial charge in [-0.2, -0.15) is 5.26 Å². The molecule has 1 saturated heterocycles. The van der Waals surface area contributed by atoms with Crippen molar-refractivity contribution in [2.24, 2.45) is 0 Å². The smallest absolute Gasteiger partial charge is 0.174 e. The summed E-state index contributed by atoms with van der Waals surface area (Å²) in [7, 11) is 0. The van der Waals surface area contributed by atoms with Crippen molar-refractivity contribution in [3.8, 4) is 11.8 Å². The Bertz CT molecular complexity index is 391. The van der Waals surface area contributed by atoms with Gasteiger partial charge < -0.3 is 14.8 Å². The van der Waals surface area contributed by atoms with E-state index < -0.39 is 0 Å². The van der Waals surface area contributed by atoms with Gasteiger partial charge in [-0.15, -0.1) is 0 Å². The molecule has 1 unspecified atom stereocenters. The number of nitrogens with zero attached hydrogens (tertiary/aromatic N) is 1. The monoisotopic (exact) mass is 246 g/mol. The van der Waals surface area contributed by atoms with Crippen LogP contribution in [-0.2, 0) is 11.3 Å². The molecule has 0 spiro atoms. The van der Waals surface area contributed by atoms with Crippen LogP contribution in [0.1, 0.15) is 18.4 Å². The fourth-order valence-corrected chi connectivity index (χ4v) is 1.98. The van der Waals surface area contributed by atoms with Crippen molar-refractivity contribution in [1.82, 2.24) is 5.32 Å². The third-order valence-corrected chi connectivity index (χ3v) is 2.98. The molecule has 1 aromatic carbocycles. The molecule has 1 aromatic rings. The molecular formula is C14H18N2O2. The average molecular weight is 246 g/mol. The Morgan fingerprint density at radius 1 is 1.39 bits per heavy atom. The van der Waals surface area contributed by atoms with Crippen LogP contribution in [0.5, 0.6) is 5.75 Å². The van der Waals surface area contributed by atoms with Crippen LogP contribution < -0.4 is 10.1 Å². The normalized spacial score (nSPS) is 19.2. The maximum atomic E-state index is 8.41. The van der Waals surface area contributed by atoms with E-state index in [0.717, 1.165) is 31.9 Å². The summed E-state index contributed by atoms with van der Waals surface area (Å²) in [6.45, 7) is 2.63. The van der Waals surface area contributed by atoms with Gasteiger partial charge in [-0.3, -0.25) is 0 Å². The number of ether oxygens (including phenoxy) is 2. The molecule has 1 heterocycles. The van der Waals surface area contributed by atoms with Gasteiger partial charge in [0, 0.05) is 19.2 Å². The highest BCUT2D eigenvalue weighted by Gasteiger charge is 2.12. The molecule has 0 saturated carbocycles. The second-order valence-corrected chi connectivity index (χ2v) is 4.39. The van der Waals surface area contributed by atoms with Crippen molar-refractivity contribution < 1.29 is 9.47 Å². The first-order valence-corrected chi connectivity index (χ1v) is 6.28. The van der Waals surface area contributed by atoms with Gasteiger partial charge in [0.2, 0.25) is 0 Å². The lowest BCUT2D eigenvalue weighted by atomic mass is 10.1. The number of benzene rings is 1. The Balaban J connectivity index is 1.77. The van der Waals surface area contributed by atoms with Crippen LogP contribution in [0.4, 0.5) is 0 Å². The van der Waals surface area contributed by atoms with Gasteiger partial charge in [-0.1, -0.05) is 12.1 Å². The zero-order valence-corrected chi connectivity index (χ0v) is 10.4. The fourth-order valence-electron chi connectivity index (χ4n) is 1.98. The lowest BCUT2D eigenvalue weighted by Crippen LogP contribution is -2.36. The first-order valence-electron chi connectivity index (χ1n) is 6.28. The van der Waals surface area contributed by atoms with Crippen molar-refractivity contribution in [2.75, 3.05) is 19.8 Å². The summed E-state index contributed by atoms with van der Waals surface area (Å²) in [5.41, 5.74) is 1.21. The van der Waals surface area contributed by atoms with E-state index >= 15 is 0 Å². The van der Waals surface area contributed by atoms with Gasteiger partial charge >= 0.3 is 0 Å². The minimum atomic E-state index is 0.0943. The van der Waals surface area contributed by atoms with Crippen molar-refractivity contribution in [1.29, 1.82) is 5.26 Å². The van der Waals surface area contributed by atoms with E-state index in [0.29, 0.717) is 6.04 Å². The molecule has 2 rings (SSSR count). The molecule has 1 fully saturated rings. The molecule has 4 nitrogen and oxygen atoms in total. The van der Waals surface area contributed by atoms with Gasteiger partial charge in [0.25, 0.3) is 0 Å². The van der Waals surface area contributed by atoms with Crippen LogP contribution in [0, 0.1) is 11.3 Å². The average Bonchev–Trinajstić information content (AvgIpc) is 2.45. The van der Waals surface area contributed by atoms with Gasteiger partial charge in [0.05, 0.1) is 6.61 Å². The van der Waals surface area contributed by atoms with Crippen LogP contribution in [0.25, 0.3) is 0 Å². The third kappa shape index (κ3) is 4.02. The minimum absolute atomic E-state index is 0.0943. The van der Waals surface area contributed by atoms with Crippen LogP contribution in [-0.4, -0.2) is 25.9 Å². The molecule has 0 aliphatic carbocycles. The molecule has 0 bridgehead atoms. The Labute approximate surface area is 108 Å². The Kier molecular flexibility index (Phi) is 5.00. The first-order chi connectivity index (χ1) is 8.88. The maximum absolute atomic E-state index is 8.41. The maximum Gasteiger partial charge on any atom is 0.174 e. The number of hydrogen-bond acceptors (Lipinski definition) is 4. The van der Waals surface area contributed by atoms with E-state index in [4.69, 9.17) is 14.7 Å². The standard InChI is InChI=1S/C14H18N2O2/c15-7-9-18-14-5-3-12(4-6-14)10-16-13-2-1-8-17-11-13/h3-6,13,16H,1-2,8-11H2. The number of hydrogen-bond donors (Lipinski definition) is 1. The van der Waals surface area contributed by atoms with E-state index in [9.17, 15) is 0 Å². The minimum Gasteiger partial charge on any atom is -0.479 e. The Morgan fingerprint density at radius 3 is 2.89 bits per heavy atom. The Hall–Kier alpha value is -1.57. The molecule has 1 N–H and O–H groups in total. The van der Waals surface area contributed by atoms with E-state index in [1.54, 1.807) is 0 Å². The predicted molar refractivity (Wildman–Crippen MR) is 68.2 cm³/mol. The van der Waals surface area contributed by atoms with Crippen LogP contribution in [0.3, 0.4) is 0 Å². The van der Waals surface area contributed by atoms with Crippen molar-refractivity contribution in [2.45, 2.75) is 25.4 Å². The third-order valence-electron chi connectivity index (χ3n) is 2.98. The highest BCUT2D eigenvalue weighted by Crippen LogP contribution is 2.13. The predicted octanol–water partition coefficient (Wildman–Crippen LogP) is 1.86. The first kappa shape index (κ1) is 12.9. The molecule has 18 heavy (non-hydrogen) atoms. The zero-order valence-electron chi connectivity index (χ0n) is 10.4. The molecule has 1 aliphatic rings. The van der Waals surface area contributed by atoms with E-state index in [2.05, 4.69) is 5.32 Å². The molecular weight excluding hydrogens is 228 g/mol. The van der Waals surface area contributed by atoms with Crippen molar-refractivity contribution >= 4 is 0 Å². The van der Waals surface area contributed by atoms with Crippen molar-refractivity contribution in [3.05, 3.63) is 29.8 Å². The van der Waals surface area contributed by atoms with Gasteiger partial charge in [0.1, 0.15) is 11.8 Å². The largest absolute Gasteiger partial charge is 0.479 e. The summed E-state index contributed by atoms with van der Waals surface area (Å²) in [5.74, 6) is 0.737. The van der Waals surface area contributed by atoms with Crippen LogP contribution in [0.2, 0.25) is 0 Å². The molecule has 0 amide bonds. The number of rotatable bonds is 5. The van der Waals surface area contributed by atoms with E-state index in [1.165, 1.54) is 12.0 Å². The lowest BCUT2D eigenvalue weighted by Gasteiger charge is -2.23. The fraction of sp³-hybridized carbons (Fsp3) is 0.500. The summed E-state index contributed by atoms with van der Waals surface area (Å²) >= 11 is 0. The molecule has 4 heteroatoms. The molecule has 0 radical (unpaired) electrons. The number of nitriles is 1. The van der Waals surface area contributed by atoms with Crippen LogP contribution >= 0.6 is 0 Å². The molecule has 0 aromatic heterocycles. The Morgan fingerprint density at radius 2 is 2.22 bits per heavy atom. The highest BCUT2D eigenvalue weighted by molar-refractivity contribution is 5.27. The summed E-state index contributed by atoms with van der Waals surface area (Å²) in [6, 6.07) is 10.2. The van der Waals surface area contributed by atoms with Crippen LogP contribution in [0.15, 0.2) is 24.3 Å². The molecule has 1 atom stereocenters. The number of nitrogens with one attached hydrogen (secondary N) is 1. The lowest BCUT2D eigenvalue weighted by molar-refractivity contribution is 0.0699. The molecule has 1 aliphatic heterocycles. The SMILES string of the molecule is N#CCOc1ccc(CNC2CCCOC2)cc1. The van der Waals surface area contributed by atoms with Gasteiger partial charge in [0.15, 0.2) is 6.61 Å². The summed E-state index contributed by atoms with van der Waals surface area (Å²) in [6.07, 6.45) is 2.32. The summed E-state index contributed by atoms with van der Waals surface area (Å²) < 4.78 is 10.6. The summed E-state index contributed by atoms with van der Waals surface area (Å²) in [5, 5.41) is 11.9. The van der Waals surface area contributed by atoms with Gasteiger partial charge in [-0.25, -0.2) is 0 Å². The van der Waals surface area contributed by atoms with Crippen molar-refractivity contribution in [3.63, 3.8) is 0 Å². The second-order valence-electron chi connectivity index (χ2n) is 4.39. The second kappa shape index (κ2) is 7.00. The summed E-state index contributed by atoms with van der Waals surface area (Å²) in [4.78, 5) is 0. The topological polar surface area (TPSA) is 54.3 Å². The zero-order chi connectivity index (χ0) is 12.6. The quantitative estimate of drug-likeness (QED) is 0.861. The van der Waals surface area contributed by atoms with E-state index in [1.807, 2.05) is 30.3 Å². The highest BCUT2D eigenvalue weighted by atomic mass is 16.5. The molecule has 96 valence electrons. The van der Waals surface area contributed by atoms with E-state index in [-0.39, 0.29) is 6.61 Å².